The average molecular weight is 486 g/mol. The first kappa shape index (κ1) is 22.1. The first-order valence-corrected chi connectivity index (χ1v) is 12.1. The molecule has 32 heavy (non-hydrogen) atoms. The van der Waals surface area contributed by atoms with Gasteiger partial charge in [-0.05, 0) is 24.3 Å². The number of hydrogen-bond donors (Lipinski definition) is 2. The number of hydrogen-bond acceptors (Lipinski definition) is 10. The van der Waals surface area contributed by atoms with Crippen LogP contribution < -0.4 is 20.1 Å². The normalized spacial score (nSPS) is 10.6. The Morgan fingerprint density at radius 1 is 1.06 bits per heavy atom. The number of amides is 1. The highest BCUT2D eigenvalue weighted by atomic mass is 32.2. The summed E-state index contributed by atoms with van der Waals surface area (Å²) in [7, 11) is 3.20. The van der Waals surface area contributed by atoms with Crippen molar-refractivity contribution in [2.24, 2.45) is 0 Å². The minimum Gasteiger partial charge on any atom is -0.497 e. The van der Waals surface area contributed by atoms with Gasteiger partial charge in [-0.15, -0.1) is 21.5 Å². The van der Waals surface area contributed by atoms with Crippen molar-refractivity contribution in [3.8, 4) is 22.8 Å². The van der Waals surface area contributed by atoms with Crippen molar-refractivity contribution in [2.75, 3.05) is 30.6 Å². The second-order valence-corrected chi connectivity index (χ2v) is 9.36. The molecule has 0 spiro atoms. The van der Waals surface area contributed by atoms with E-state index >= 15 is 0 Å². The van der Waals surface area contributed by atoms with Crippen LogP contribution in [-0.4, -0.2) is 41.1 Å². The van der Waals surface area contributed by atoms with Gasteiger partial charge in [-0.2, -0.15) is 0 Å². The number of nitrogens with zero attached hydrogens (tertiary/aromatic N) is 3. The lowest BCUT2D eigenvalue weighted by Crippen LogP contribution is -2.13. The molecule has 0 fully saturated rings. The van der Waals surface area contributed by atoms with Crippen LogP contribution in [0, 0.1) is 0 Å². The Morgan fingerprint density at radius 3 is 2.69 bits per heavy atom. The van der Waals surface area contributed by atoms with Crippen LogP contribution in [0.4, 0.5) is 16.0 Å². The van der Waals surface area contributed by atoms with Crippen LogP contribution in [0.5, 0.6) is 11.5 Å². The van der Waals surface area contributed by atoms with E-state index in [1.54, 1.807) is 20.3 Å². The number of para-hydroxylation sites is 1. The SMILES string of the molecule is COc1ccc(-c2csc(NC(=O)CSc3nnc(Nc4ccccc4)s3)n2)c(OC)c1. The maximum Gasteiger partial charge on any atom is 0.236 e. The van der Waals surface area contributed by atoms with Crippen molar-refractivity contribution in [3.05, 3.63) is 53.9 Å². The molecule has 0 aliphatic heterocycles. The minimum absolute atomic E-state index is 0.162. The van der Waals surface area contributed by atoms with Crippen LogP contribution in [-0.2, 0) is 4.79 Å². The first-order chi connectivity index (χ1) is 15.6. The van der Waals surface area contributed by atoms with Gasteiger partial charge in [0.15, 0.2) is 9.47 Å². The predicted octanol–water partition coefficient (Wildman–Crippen LogP) is 5.15. The number of anilines is 3. The summed E-state index contributed by atoms with van der Waals surface area (Å²) in [4.78, 5) is 16.9. The number of rotatable bonds is 9. The number of nitrogens with one attached hydrogen (secondary N) is 2. The highest BCUT2D eigenvalue weighted by molar-refractivity contribution is 8.01. The molecule has 4 rings (SSSR count). The van der Waals surface area contributed by atoms with Crippen LogP contribution >= 0.6 is 34.4 Å². The fraction of sp³-hybridized carbons (Fsp3) is 0.143. The van der Waals surface area contributed by atoms with Gasteiger partial charge in [0.05, 0.1) is 25.7 Å². The van der Waals surface area contributed by atoms with E-state index in [1.807, 2.05) is 47.8 Å². The molecule has 4 aromatic rings. The van der Waals surface area contributed by atoms with E-state index in [9.17, 15) is 4.79 Å². The minimum atomic E-state index is -0.162. The molecule has 1 amide bonds. The van der Waals surface area contributed by atoms with Crippen LogP contribution in [0.3, 0.4) is 0 Å². The molecule has 11 heteroatoms. The van der Waals surface area contributed by atoms with E-state index in [-0.39, 0.29) is 11.7 Å². The molecule has 0 unspecified atom stereocenters. The smallest absolute Gasteiger partial charge is 0.236 e. The third kappa shape index (κ3) is 5.55. The highest BCUT2D eigenvalue weighted by Gasteiger charge is 2.14. The van der Waals surface area contributed by atoms with E-state index in [0.29, 0.717) is 26.1 Å². The molecule has 2 N–H and O–H groups in total. The number of thiazole rings is 1. The van der Waals surface area contributed by atoms with Gasteiger partial charge in [0.2, 0.25) is 11.0 Å². The molecule has 0 aliphatic carbocycles. The molecular formula is C21H19N5O3S3. The predicted molar refractivity (Wildman–Crippen MR) is 130 cm³/mol. The van der Waals surface area contributed by atoms with E-state index < -0.39 is 0 Å². The van der Waals surface area contributed by atoms with E-state index in [0.717, 1.165) is 16.9 Å². The lowest BCUT2D eigenvalue weighted by Gasteiger charge is -2.08. The third-order valence-corrected chi connectivity index (χ3v) is 6.92. The summed E-state index contributed by atoms with van der Waals surface area (Å²) in [5, 5.41) is 17.3. The van der Waals surface area contributed by atoms with Gasteiger partial charge in [0.25, 0.3) is 0 Å². The summed E-state index contributed by atoms with van der Waals surface area (Å²) in [5.41, 5.74) is 2.48. The fourth-order valence-electron chi connectivity index (χ4n) is 2.71. The van der Waals surface area contributed by atoms with E-state index in [1.165, 1.54) is 34.4 Å². The standard InChI is InChI=1S/C21H19N5O3S3/c1-28-14-8-9-15(17(10-14)29-2)16-11-30-19(23-16)24-18(27)12-31-21-26-25-20(32-21)22-13-6-4-3-5-7-13/h3-11H,12H2,1-2H3,(H,22,25)(H,23,24,27). The molecule has 2 aromatic carbocycles. The zero-order valence-corrected chi connectivity index (χ0v) is 19.6. The summed E-state index contributed by atoms with van der Waals surface area (Å²) in [6.45, 7) is 0. The molecule has 0 radical (unpaired) electrons. The second kappa shape index (κ2) is 10.4. The van der Waals surface area contributed by atoms with Gasteiger partial charge < -0.3 is 20.1 Å². The molecule has 2 aromatic heterocycles. The van der Waals surface area contributed by atoms with Crippen LogP contribution in [0.2, 0.25) is 0 Å². The quantitative estimate of drug-likeness (QED) is 0.314. The van der Waals surface area contributed by atoms with Gasteiger partial charge in [-0.25, -0.2) is 4.98 Å². The topological polar surface area (TPSA) is 98.3 Å². The van der Waals surface area contributed by atoms with Crippen LogP contribution in [0.1, 0.15) is 0 Å². The van der Waals surface area contributed by atoms with Crippen LogP contribution in [0.25, 0.3) is 11.3 Å². The molecule has 0 saturated carbocycles. The molecule has 8 nitrogen and oxygen atoms in total. The van der Waals surface area contributed by atoms with Crippen molar-refractivity contribution in [1.82, 2.24) is 15.2 Å². The number of ether oxygens (including phenoxy) is 2. The van der Waals surface area contributed by atoms with Crippen molar-refractivity contribution in [3.63, 3.8) is 0 Å². The Kier molecular flexibility index (Phi) is 7.20. The Hall–Kier alpha value is -3.15. The number of benzene rings is 2. The van der Waals surface area contributed by atoms with Gasteiger partial charge in [0.1, 0.15) is 11.5 Å². The first-order valence-electron chi connectivity index (χ1n) is 9.41. The van der Waals surface area contributed by atoms with Gasteiger partial charge >= 0.3 is 0 Å². The molecule has 164 valence electrons. The summed E-state index contributed by atoms with van der Waals surface area (Å²) in [6.07, 6.45) is 0. The summed E-state index contributed by atoms with van der Waals surface area (Å²) in [5.74, 6) is 1.40. The molecule has 0 atom stereocenters. The lowest BCUT2D eigenvalue weighted by atomic mass is 10.1. The van der Waals surface area contributed by atoms with E-state index in [4.69, 9.17) is 9.47 Å². The Bertz CT molecular complexity index is 1200. The highest BCUT2D eigenvalue weighted by Crippen LogP contribution is 2.35. The average Bonchev–Trinajstić information content (AvgIpc) is 3.47. The Balaban J connectivity index is 1.32. The molecule has 0 bridgehead atoms. The van der Waals surface area contributed by atoms with E-state index in [2.05, 4.69) is 25.8 Å². The summed E-state index contributed by atoms with van der Waals surface area (Å²) >= 11 is 4.08. The number of thioether (sulfide) groups is 1. The van der Waals surface area contributed by atoms with Crippen LogP contribution in [0.15, 0.2) is 58.3 Å². The maximum atomic E-state index is 12.4. The Labute approximate surface area is 197 Å². The zero-order valence-electron chi connectivity index (χ0n) is 17.2. The number of aromatic nitrogens is 3. The van der Waals surface area contributed by atoms with Gasteiger partial charge in [-0.3, -0.25) is 4.79 Å². The monoisotopic (exact) mass is 485 g/mol. The number of carbonyl (C=O) groups is 1. The van der Waals surface area contributed by atoms with Crippen molar-refractivity contribution >= 4 is 56.3 Å². The van der Waals surface area contributed by atoms with Gasteiger partial charge in [-0.1, -0.05) is 41.3 Å². The maximum absolute atomic E-state index is 12.4. The number of carbonyl (C=O) groups excluding carboxylic acids is 1. The van der Waals surface area contributed by atoms with Crippen molar-refractivity contribution in [2.45, 2.75) is 4.34 Å². The summed E-state index contributed by atoms with van der Waals surface area (Å²) in [6, 6.07) is 15.3. The van der Waals surface area contributed by atoms with Gasteiger partial charge in [0, 0.05) is 22.7 Å². The van der Waals surface area contributed by atoms with Crippen molar-refractivity contribution < 1.29 is 14.3 Å². The largest absolute Gasteiger partial charge is 0.497 e. The number of methoxy groups -OCH3 is 2. The molecule has 0 saturated heterocycles. The Morgan fingerprint density at radius 2 is 1.91 bits per heavy atom. The second-order valence-electron chi connectivity index (χ2n) is 6.31. The molecule has 2 heterocycles. The summed E-state index contributed by atoms with van der Waals surface area (Å²) < 4.78 is 11.4. The third-order valence-electron chi connectivity index (χ3n) is 4.19. The molecule has 0 aliphatic rings. The molecular weight excluding hydrogens is 466 g/mol. The zero-order chi connectivity index (χ0) is 22.3. The lowest BCUT2D eigenvalue weighted by molar-refractivity contribution is -0.113. The fourth-order valence-corrected chi connectivity index (χ4v) is 5.01. The van der Waals surface area contributed by atoms with Crippen molar-refractivity contribution in [1.29, 1.82) is 0 Å².